The van der Waals surface area contributed by atoms with E-state index in [-0.39, 0.29) is 0 Å². The Labute approximate surface area is 125 Å². The molecule has 0 unspecified atom stereocenters. The van der Waals surface area contributed by atoms with Crippen molar-refractivity contribution in [1.29, 1.82) is 0 Å². The molecule has 0 saturated carbocycles. The fourth-order valence-electron chi connectivity index (χ4n) is 2.04. The summed E-state index contributed by atoms with van der Waals surface area (Å²) in [4.78, 5) is 0. The molecule has 2 nitrogen and oxygen atoms in total. The Balaban J connectivity index is 2.37. The molecule has 0 aliphatic heterocycles. The van der Waals surface area contributed by atoms with Crippen LogP contribution in [0.1, 0.15) is 30.8 Å². The van der Waals surface area contributed by atoms with E-state index in [4.69, 9.17) is 0 Å². The fourth-order valence-corrected chi connectivity index (χ4v) is 3.18. The lowest BCUT2D eigenvalue weighted by atomic mass is 10.2. The lowest BCUT2D eigenvalue weighted by Crippen LogP contribution is -2.08. The van der Waals surface area contributed by atoms with Crippen molar-refractivity contribution in [1.82, 2.24) is 9.78 Å². The molecule has 19 heavy (non-hydrogen) atoms. The van der Waals surface area contributed by atoms with Crippen LogP contribution in [0, 0.1) is 15.2 Å². The topological polar surface area (TPSA) is 17.8 Å². The number of hydrogen-bond donors (Lipinski definition) is 0. The van der Waals surface area contributed by atoms with Gasteiger partial charge in [-0.15, -0.1) is 0 Å². The summed E-state index contributed by atoms with van der Waals surface area (Å²) in [5.74, 6) is -1.08. The number of rotatable bonds is 4. The van der Waals surface area contributed by atoms with Crippen LogP contribution in [0.5, 0.6) is 0 Å². The van der Waals surface area contributed by atoms with Gasteiger partial charge in [0.25, 0.3) is 0 Å². The van der Waals surface area contributed by atoms with Gasteiger partial charge in [0.1, 0.15) is 11.6 Å². The molecule has 0 amide bonds. The highest BCUT2D eigenvalue weighted by Crippen LogP contribution is 2.20. The number of aryl methyl sites for hydroxylation is 1. The second-order valence-electron chi connectivity index (χ2n) is 4.31. The minimum absolute atomic E-state index is 0.339. The maximum atomic E-state index is 13.7. The number of benzene rings is 1. The van der Waals surface area contributed by atoms with Gasteiger partial charge in [0.05, 0.1) is 21.5 Å². The van der Waals surface area contributed by atoms with E-state index in [0.717, 1.165) is 33.9 Å². The Morgan fingerprint density at radius 3 is 2.53 bits per heavy atom. The molecular weight excluding hydrogens is 361 g/mol. The SMILES string of the molecule is CCc1nn(Cc2ccc(F)cc2F)c(CC)c1I. The second-order valence-corrected chi connectivity index (χ2v) is 5.39. The Morgan fingerprint density at radius 1 is 1.21 bits per heavy atom. The predicted molar refractivity (Wildman–Crippen MR) is 79.2 cm³/mol. The molecule has 2 rings (SSSR count). The number of aromatic nitrogens is 2. The zero-order chi connectivity index (χ0) is 14.0. The summed E-state index contributed by atoms with van der Waals surface area (Å²) in [5.41, 5.74) is 2.58. The zero-order valence-electron chi connectivity index (χ0n) is 10.9. The molecule has 0 spiro atoms. The molecule has 1 heterocycles. The van der Waals surface area contributed by atoms with Crippen LogP contribution in [0.2, 0.25) is 0 Å². The van der Waals surface area contributed by atoms with Crippen molar-refractivity contribution >= 4 is 22.6 Å². The first-order valence-electron chi connectivity index (χ1n) is 6.24. The van der Waals surface area contributed by atoms with Gasteiger partial charge in [0.15, 0.2) is 0 Å². The van der Waals surface area contributed by atoms with E-state index in [0.29, 0.717) is 12.1 Å². The fraction of sp³-hybridized carbons (Fsp3) is 0.357. The lowest BCUT2D eigenvalue weighted by Gasteiger charge is -2.07. The van der Waals surface area contributed by atoms with Gasteiger partial charge in [-0.1, -0.05) is 19.9 Å². The molecule has 0 N–H and O–H groups in total. The summed E-state index contributed by atoms with van der Waals surface area (Å²) in [6.45, 7) is 4.44. The summed E-state index contributed by atoms with van der Waals surface area (Å²) in [7, 11) is 0. The second kappa shape index (κ2) is 5.98. The minimum atomic E-state index is -0.554. The summed E-state index contributed by atoms with van der Waals surface area (Å²) in [5, 5.41) is 4.51. The van der Waals surface area contributed by atoms with E-state index in [1.807, 2.05) is 11.6 Å². The first-order chi connectivity index (χ1) is 9.06. The van der Waals surface area contributed by atoms with Crippen molar-refractivity contribution in [2.45, 2.75) is 33.2 Å². The lowest BCUT2D eigenvalue weighted by molar-refractivity contribution is 0.552. The molecule has 0 fully saturated rings. The first-order valence-corrected chi connectivity index (χ1v) is 7.32. The first kappa shape index (κ1) is 14.4. The third-order valence-electron chi connectivity index (χ3n) is 3.06. The molecular formula is C14H15F2IN2. The number of hydrogen-bond acceptors (Lipinski definition) is 1. The van der Waals surface area contributed by atoms with Crippen molar-refractivity contribution in [2.24, 2.45) is 0 Å². The van der Waals surface area contributed by atoms with Crippen molar-refractivity contribution in [3.63, 3.8) is 0 Å². The third-order valence-corrected chi connectivity index (χ3v) is 4.31. The highest BCUT2D eigenvalue weighted by Gasteiger charge is 2.14. The van der Waals surface area contributed by atoms with Crippen LogP contribution in [-0.2, 0) is 19.4 Å². The molecule has 102 valence electrons. The van der Waals surface area contributed by atoms with Gasteiger partial charge >= 0.3 is 0 Å². The highest BCUT2D eigenvalue weighted by atomic mass is 127. The zero-order valence-corrected chi connectivity index (χ0v) is 13.0. The highest BCUT2D eigenvalue weighted by molar-refractivity contribution is 14.1. The Hall–Kier alpha value is -0.980. The molecule has 0 radical (unpaired) electrons. The van der Waals surface area contributed by atoms with E-state index < -0.39 is 11.6 Å². The van der Waals surface area contributed by atoms with Crippen LogP contribution >= 0.6 is 22.6 Å². The number of nitrogens with zero attached hydrogens (tertiary/aromatic N) is 2. The Kier molecular flexibility index (Phi) is 4.54. The van der Waals surface area contributed by atoms with E-state index in [9.17, 15) is 8.78 Å². The van der Waals surface area contributed by atoms with Crippen LogP contribution in [0.25, 0.3) is 0 Å². The van der Waals surface area contributed by atoms with Crippen molar-refractivity contribution in [3.8, 4) is 0 Å². The van der Waals surface area contributed by atoms with Gasteiger partial charge in [-0.2, -0.15) is 5.10 Å². The van der Waals surface area contributed by atoms with Gasteiger partial charge in [-0.3, -0.25) is 4.68 Å². The molecule has 0 aliphatic rings. The van der Waals surface area contributed by atoms with E-state index in [1.54, 1.807) is 0 Å². The van der Waals surface area contributed by atoms with Gasteiger partial charge in [-0.25, -0.2) is 8.78 Å². The quantitative estimate of drug-likeness (QED) is 0.740. The van der Waals surface area contributed by atoms with Gasteiger partial charge in [0.2, 0.25) is 0 Å². The molecule has 5 heteroatoms. The Bertz CT molecular complexity index is 593. The normalized spacial score (nSPS) is 11.0. The summed E-state index contributed by atoms with van der Waals surface area (Å²) in [6.07, 6.45) is 1.69. The molecule has 1 aromatic carbocycles. The maximum Gasteiger partial charge on any atom is 0.131 e. The average molecular weight is 376 g/mol. The standard InChI is InChI=1S/C14H15F2IN2/c1-3-12-14(17)13(4-2)19(18-12)8-9-5-6-10(15)7-11(9)16/h5-7H,3-4,8H2,1-2H3. The monoisotopic (exact) mass is 376 g/mol. The van der Waals surface area contributed by atoms with Crippen molar-refractivity contribution < 1.29 is 8.78 Å². The van der Waals surface area contributed by atoms with Crippen LogP contribution in [0.3, 0.4) is 0 Å². The summed E-state index contributed by atoms with van der Waals surface area (Å²) in [6, 6.07) is 3.67. The van der Waals surface area contributed by atoms with Crippen molar-refractivity contribution in [3.05, 3.63) is 50.4 Å². The van der Waals surface area contributed by atoms with E-state index >= 15 is 0 Å². The van der Waals surface area contributed by atoms with Gasteiger partial charge in [0, 0.05) is 11.6 Å². The number of halogens is 3. The molecule has 1 aromatic heterocycles. The Morgan fingerprint density at radius 2 is 1.95 bits per heavy atom. The average Bonchev–Trinajstić information content (AvgIpc) is 2.68. The summed E-state index contributed by atoms with van der Waals surface area (Å²) >= 11 is 2.28. The minimum Gasteiger partial charge on any atom is -0.264 e. The molecule has 0 atom stereocenters. The smallest absolute Gasteiger partial charge is 0.131 e. The van der Waals surface area contributed by atoms with Crippen LogP contribution in [0.4, 0.5) is 8.78 Å². The molecule has 0 saturated heterocycles. The maximum absolute atomic E-state index is 13.7. The predicted octanol–water partition coefficient (Wildman–Crippen LogP) is 3.94. The van der Waals surface area contributed by atoms with Gasteiger partial charge < -0.3 is 0 Å². The molecule has 0 bridgehead atoms. The van der Waals surface area contributed by atoms with Crippen LogP contribution in [0.15, 0.2) is 18.2 Å². The van der Waals surface area contributed by atoms with E-state index in [1.165, 1.54) is 12.1 Å². The van der Waals surface area contributed by atoms with Crippen LogP contribution < -0.4 is 0 Å². The third kappa shape index (κ3) is 2.96. The van der Waals surface area contributed by atoms with Gasteiger partial charge in [-0.05, 0) is 41.5 Å². The van der Waals surface area contributed by atoms with Crippen molar-refractivity contribution in [2.75, 3.05) is 0 Å². The largest absolute Gasteiger partial charge is 0.264 e. The molecule has 2 aromatic rings. The van der Waals surface area contributed by atoms with E-state index in [2.05, 4.69) is 34.6 Å². The molecule has 0 aliphatic carbocycles. The van der Waals surface area contributed by atoms with Crippen LogP contribution in [-0.4, -0.2) is 9.78 Å². The summed E-state index contributed by atoms with van der Waals surface area (Å²) < 4.78 is 29.5.